The number of unbranched alkanes of at least 4 members (excludes halogenated alkanes) is 1. The summed E-state index contributed by atoms with van der Waals surface area (Å²) < 4.78 is 1.62. The van der Waals surface area contributed by atoms with Gasteiger partial charge in [0.15, 0.2) is 0 Å². The minimum absolute atomic E-state index is 0.0193. The van der Waals surface area contributed by atoms with Crippen molar-refractivity contribution in [2.24, 2.45) is 0 Å². The van der Waals surface area contributed by atoms with Crippen molar-refractivity contribution >= 4 is 36.7 Å². The van der Waals surface area contributed by atoms with E-state index in [-0.39, 0.29) is 5.56 Å². The van der Waals surface area contributed by atoms with E-state index in [1.54, 1.807) is 10.7 Å². The van der Waals surface area contributed by atoms with Crippen LogP contribution in [-0.2, 0) is 6.42 Å². The van der Waals surface area contributed by atoms with Crippen LogP contribution < -0.4 is 21.5 Å². The first kappa shape index (κ1) is 24.5. The molecule has 5 aromatic rings. The fourth-order valence-corrected chi connectivity index (χ4v) is 12.9. The van der Waals surface area contributed by atoms with Crippen molar-refractivity contribution in [2.45, 2.75) is 19.3 Å². The number of halogens is 1. The van der Waals surface area contributed by atoms with Gasteiger partial charge in [0.25, 0.3) is 0 Å². The van der Waals surface area contributed by atoms with E-state index in [4.69, 9.17) is 0 Å². The number of para-hydroxylation sites is 1. The average Bonchev–Trinajstić information content (AvgIpc) is 3.33. The Kier molecular flexibility index (Phi) is 7.09. The molecule has 0 aliphatic rings. The maximum absolute atomic E-state index is 12.6. The van der Waals surface area contributed by atoms with Crippen LogP contribution in [0.25, 0.3) is 5.69 Å². The van der Waals surface area contributed by atoms with Crippen LogP contribution in [0, 0.1) is 0 Å². The molecule has 0 radical (unpaired) electrons. The van der Waals surface area contributed by atoms with Gasteiger partial charge in [-0.1, -0.05) is 0 Å². The van der Waals surface area contributed by atoms with Crippen molar-refractivity contribution in [1.29, 1.82) is 0 Å². The summed E-state index contributed by atoms with van der Waals surface area (Å²) in [4.78, 5) is 12.6. The monoisotopic (exact) mass is 556 g/mol. The van der Waals surface area contributed by atoms with Crippen molar-refractivity contribution in [2.75, 3.05) is 6.16 Å². The summed E-state index contributed by atoms with van der Waals surface area (Å²) in [5.74, 6) is 0. The molecule has 0 bridgehead atoms. The average molecular weight is 557 g/mol. The number of aromatic nitrogens is 2. The number of nitrogens with one attached hydrogen (secondary N) is 1. The standard InChI is InChI=1S/C31H30BrN2OP/c32-36(28-18-7-2-8-19-28,29-20-9-3-10-21-29,30-22-11-4-12-23-30)24-14-13-15-26-25-31(35)34(33-26)27-16-5-1-6-17-27/h1-12,16-23,25,33H,13-15,24H2. The first-order valence-corrected chi connectivity index (χ1v) is 16.8. The Morgan fingerprint density at radius 3 is 1.56 bits per heavy atom. The zero-order valence-corrected chi connectivity index (χ0v) is 22.6. The van der Waals surface area contributed by atoms with Gasteiger partial charge in [-0.3, -0.25) is 0 Å². The number of hydrogen-bond donors (Lipinski definition) is 1. The van der Waals surface area contributed by atoms with E-state index in [0.717, 1.165) is 36.8 Å². The van der Waals surface area contributed by atoms with Crippen LogP contribution in [-0.4, -0.2) is 15.9 Å². The first-order valence-electron chi connectivity index (χ1n) is 12.4. The summed E-state index contributed by atoms with van der Waals surface area (Å²) >= 11 is 4.52. The quantitative estimate of drug-likeness (QED) is 0.167. The first-order chi connectivity index (χ1) is 17.6. The zero-order valence-electron chi connectivity index (χ0n) is 20.1. The molecule has 36 heavy (non-hydrogen) atoms. The van der Waals surface area contributed by atoms with E-state index in [2.05, 4.69) is 112 Å². The molecule has 0 aliphatic carbocycles. The molecule has 0 atom stereocenters. The summed E-state index contributed by atoms with van der Waals surface area (Å²) in [6.07, 6.45) is 3.81. The number of aryl methyl sites for hydroxylation is 1. The number of aromatic amines is 1. The molecule has 5 heteroatoms. The van der Waals surface area contributed by atoms with E-state index in [1.807, 2.05) is 30.3 Å². The van der Waals surface area contributed by atoms with Gasteiger partial charge in [0.1, 0.15) is 0 Å². The Bertz CT molecular complexity index is 1370. The number of rotatable bonds is 9. The van der Waals surface area contributed by atoms with Gasteiger partial charge in [-0.2, -0.15) is 0 Å². The Balaban J connectivity index is 1.46. The van der Waals surface area contributed by atoms with Gasteiger partial charge >= 0.3 is 221 Å². The number of hydrogen-bond acceptors (Lipinski definition) is 1. The molecule has 0 saturated heterocycles. The van der Waals surface area contributed by atoms with Crippen molar-refractivity contribution in [3.05, 3.63) is 143 Å². The molecule has 0 spiro atoms. The van der Waals surface area contributed by atoms with Crippen LogP contribution in [0.5, 0.6) is 0 Å². The molecular weight excluding hydrogens is 527 g/mol. The Morgan fingerprint density at radius 1 is 0.639 bits per heavy atom. The van der Waals surface area contributed by atoms with Crippen LogP contribution >= 0.6 is 20.8 Å². The molecule has 0 fully saturated rings. The normalized spacial score (nSPS) is 12.6. The Morgan fingerprint density at radius 2 is 1.08 bits per heavy atom. The van der Waals surface area contributed by atoms with E-state index in [0.29, 0.717) is 0 Å². The van der Waals surface area contributed by atoms with Crippen LogP contribution in [0.1, 0.15) is 18.5 Å². The summed E-state index contributed by atoms with van der Waals surface area (Å²) in [7, 11) is 0. The third-order valence-electron chi connectivity index (χ3n) is 6.95. The van der Waals surface area contributed by atoms with Crippen molar-refractivity contribution in [3.63, 3.8) is 0 Å². The third-order valence-corrected chi connectivity index (χ3v) is 17.0. The van der Waals surface area contributed by atoms with Crippen LogP contribution in [0.15, 0.2) is 132 Å². The minimum atomic E-state index is -2.90. The molecule has 0 saturated carbocycles. The molecule has 3 nitrogen and oxygen atoms in total. The molecule has 1 aromatic heterocycles. The van der Waals surface area contributed by atoms with Crippen molar-refractivity contribution in [1.82, 2.24) is 9.78 Å². The fourth-order valence-electron chi connectivity index (χ4n) is 5.12. The second-order valence-electron chi connectivity index (χ2n) is 9.16. The van der Waals surface area contributed by atoms with E-state index >= 15 is 0 Å². The van der Waals surface area contributed by atoms with Crippen molar-refractivity contribution < 1.29 is 0 Å². The number of H-pyrrole nitrogens is 1. The zero-order chi connectivity index (χ0) is 24.9. The third kappa shape index (κ3) is 4.52. The van der Waals surface area contributed by atoms with E-state index < -0.39 is 5.31 Å². The SMILES string of the molecule is O=c1cc(CCCCP(Br)(c2ccccc2)(c2ccccc2)c2ccccc2)[nH]n1-c1ccccc1. The number of nitrogens with zero attached hydrogens (tertiary/aromatic N) is 1. The Hall–Kier alpha value is -3.20. The molecule has 0 aliphatic heterocycles. The Labute approximate surface area is 220 Å². The summed E-state index contributed by atoms with van der Waals surface area (Å²) in [6, 6.07) is 44.1. The van der Waals surface area contributed by atoms with Gasteiger partial charge in [0.2, 0.25) is 0 Å². The van der Waals surface area contributed by atoms with Crippen LogP contribution in [0.2, 0.25) is 0 Å². The molecule has 0 unspecified atom stereocenters. The molecule has 1 heterocycles. The molecular formula is C31H30BrN2OP. The predicted molar refractivity (Wildman–Crippen MR) is 158 cm³/mol. The van der Waals surface area contributed by atoms with Gasteiger partial charge in [-0.25, -0.2) is 0 Å². The van der Waals surface area contributed by atoms with E-state index in [1.165, 1.54) is 15.9 Å². The van der Waals surface area contributed by atoms with Gasteiger partial charge in [-0.05, 0) is 0 Å². The fraction of sp³-hybridized carbons (Fsp3) is 0.129. The molecule has 182 valence electrons. The van der Waals surface area contributed by atoms with Gasteiger partial charge in [-0.15, -0.1) is 0 Å². The second kappa shape index (κ2) is 10.4. The second-order valence-corrected chi connectivity index (χ2v) is 18.2. The maximum atomic E-state index is 12.6. The van der Waals surface area contributed by atoms with Gasteiger partial charge in [0.05, 0.1) is 0 Å². The van der Waals surface area contributed by atoms with Gasteiger partial charge < -0.3 is 0 Å². The topological polar surface area (TPSA) is 37.8 Å². The van der Waals surface area contributed by atoms with Gasteiger partial charge in [0, 0.05) is 0 Å². The summed E-state index contributed by atoms with van der Waals surface area (Å²) in [5.41, 5.74) is 1.81. The van der Waals surface area contributed by atoms with Crippen LogP contribution in [0.3, 0.4) is 0 Å². The van der Waals surface area contributed by atoms with Crippen molar-refractivity contribution in [3.8, 4) is 5.69 Å². The van der Waals surface area contributed by atoms with Crippen LogP contribution in [0.4, 0.5) is 0 Å². The molecule has 4 aromatic carbocycles. The number of benzene rings is 4. The molecule has 5 rings (SSSR count). The summed E-state index contributed by atoms with van der Waals surface area (Å²) in [6.45, 7) is 0. The van der Waals surface area contributed by atoms with E-state index in [9.17, 15) is 4.79 Å². The summed E-state index contributed by atoms with van der Waals surface area (Å²) in [5, 5.41) is 4.41. The predicted octanol–water partition coefficient (Wildman–Crippen LogP) is 6.33. The molecule has 1 N–H and O–H groups in total. The molecule has 0 amide bonds.